The van der Waals surface area contributed by atoms with Crippen molar-refractivity contribution >= 4 is 67.5 Å². The summed E-state index contributed by atoms with van der Waals surface area (Å²) < 4.78 is 11.1. The number of rotatable bonds is 5. The number of esters is 2. The number of fused-ring (bicyclic) bond motifs is 10. The van der Waals surface area contributed by atoms with Crippen LogP contribution in [0, 0.1) is 0 Å². The molecule has 0 amide bonds. The van der Waals surface area contributed by atoms with E-state index in [1.54, 1.807) is 26.0 Å². The van der Waals surface area contributed by atoms with E-state index >= 15 is 4.79 Å². The van der Waals surface area contributed by atoms with Gasteiger partial charge in [0.2, 0.25) is 5.78 Å². The Balaban J connectivity index is 1.03. The van der Waals surface area contributed by atoms with Crippen LogP contribution >= 0.6 is 0 Å². The van der Waals surface area contributed by atoms with Crippen LogP contribution in [0.2, 0.25) is 0 Å². The number of carbonyl (C=O) groups is 3. The minimum Gasteiger partial charge on any atom is -0.506 e. The summed E-state index contributed by atoms with van der Waals surface area (Å²) in [4.78, 5) is 47.6. The minimum atomic E-state index is -1.17. The summed E-state index contributed by atoms with van der Waals surface area (Å²) in [5.41, 5.74) is 8.48. The van der Waals surface area contributed by atoms with E-state index in [2.05, 4.69) is 16.0 Å². The molecule has 5 aliphatic rings. The molecule has 66 heavy (non-hydrogen) atoms. The third kappa shape index (κ3) is 4.79. The largest absolute Gasteiger partial charge is 0.506 e. The van der Waals surface area contributed by atoms with Gasteiger partial charge in [-0.15, -0.1) is 0 Å². The molecule has 2 heterocycles. The molecule has 0 radical (unpaired) electrons. The number of benzene rings is 8. The zero-order valence-electron chi connectivity index (χ0n) is 35.7. The lowest BCUT2D eigenvalue weighted by Crippen LogP contribution is -2.45. The SMILES string of the molecule is CCOC(=O)c1cccc2c1-c1ccccc1C21N=c2c(=C3C(=O)C(c4ccc5cccc6c5c4NC4(N6)c5ccccc5-c5c(C(=O)OCC)cccc54)=C3O)ccc3cccc(c23)N1. The van der Waals surface area contributed by atoms with Gasteiger partial charge in [-0.2, -0.15) is 0 Å². The van der Waals surface area contributed by atoms with Gasteiger partial charge in [0, 0.05) is 66.3 Å². The highest BCUT2D eigenvalue weighted by atomic mass is 16.5. The average molecular weight is 863 g/mol. The number of ether oxygens (including phenoxy) is 2. The number of aliphatic hydroxyl groups is 1. The molecule has 0 aromatic heterocycles. The van der Waals surface area contributed by atoms with E-state index in [0.717, 1.165) is 77.4 Å². The third-order valence-corrected chi connectivity index (χ3v) is 13.9. The Labute approximate surface area is 377 Å². The van der Waals surface area contributed by atoms with Crippen LogP contribution in [0.3, 0.4) is 0 Å². The minimum absolute atomic E-state index is 0.132. The number of nitrogens with one attached hydrogen (secondary N) is 3. The molecular formula is C56H38N4O6. The molecule has 2 aliphatic heterocycles. The van der Waals surface area contributed by atoms with Crippen LogP contribution in [-0.2, 0) is 25.6 Å². The molecule has 3 aliphatic carbocycles. The van der Waals surface area contributed by atoms with E-state index in [9.17, 15) is 14.7 Å². The Bertz CT molecular complexity index is 3760. The molecule has 8 aromatic carbocycles. The fraction of sp³-hybridized carbons (Fsp3) is 0.107. The highest BCUT2D eigenvalue weighted by Gasteiger charge is 2.50. The zero-order chi connectivity index (χ0) is 44.6. The topological polar surface area (TPSA) is 138 Å². The summed E-state index contributed by atoms with van der Waals surface area (Å²) in [6.45, 7) is 4.06. The lowest BCUT2D eigenvalue weighted by molar-refractivity contribution is -0.109. The predicted octanol–water partition coefficient (Wildman–Crippen LogP) is 9.70. The molecule has 2 unspecified atom stereocenters. The Kier molecular flexibility index (Phi) is 7.78. The van der Waals surface area contributed by atoms with Crippen molar-refractivity contribution in [2.45, 2.75) is 25.2 Å². The van der Waals surface area contributed by atoms with E-state index in [4.69, 9.17) is 14.5 Å². The lowest BCUT2D eigenvalue weighted by atomic mass is 9.79. The first kappa shape index (κ1) is 38.0. The zero-order valence-corrected chi connectivity index (χ0v) is 35.7. The van der Waals surface area contributed by atoms with Gasteiger partial charge in [0.25, 0.3) is 0 Å². The smallest absolute Gasteiger partial charge is 0.338 e. The molecule has 318 valence electrons. The summed E-state index contributed by atoms with van der Waals surface area (Å²) in [6.07, 6.45) is 0. The van der Waals surface area contributed by atoms with Crippen molar-refractivity contribution in [2.24, 2.45) is 4.99 Å². The van der Waals surface area contributed by atoms with Crippen molar-refractivity contribution in [3.63, 3.8) is 0 Å². The van der Waals surface area contributed by atoms with E-state index in [1.165, 1.54) is 0 Å². The van der Waals surface area contributed by atoms with Gasteiger partial charge in [-0.05, 0) is 60.0 Å². The first-order valence-corrected chi connectivity index (χ1v) is 22.1. The molecule has 13 rings (SSSR count). The molecule has 8 aromatic rings. The third-order valence-electron chi connectivity index (χ3n) is 13.9. The maximum Gasteiger partial charge on any atom is 0.338 e. The summed E-state index contributed by atoms with van der Waals surface area (Å²) in [7, 11) is 0. The lowest BCUT2D eigenvalue weighted by Gasteiger charge is -2.41. The highest BCUT2D eigenvalue weighted by molar-refractivity contribution is 6.52. The Morgan fingerprint density at radius 2 is 1.14 bits per heavy atom. The van der Waals surface area contributed by atoms with Crippen LogP contribution in [0.15, 0.2) is 156 Å². The summed E-state index contributed by atoms with van der Waals surface area (Å²) >= 11 is 0. The second kappa shape index (κ2) is 13.5. The first-order valence-electron chi connectivity index (χ1n) is 22.1. The van der Waals surface area contributed by atoms with Crippen LogP contribution in [0.1, 0.15) is 62.4 Å². The molecule has 0 saturated heterocycles. The van der Waals surface area contributed by atoms with Crippen LogP contribution in [-0.4, -0.2) is 36.0 Å². The number of aliphatic hydroxyl groups excluding tert-OH is 1. The van der Waals surface area contributed by atoms with Gasteiger partial charge in [0.05, 0.1) is 46.5 Å². The Morgan fingerprint density at radius 3 is 1.83 bits per heavy atom. The van der Waals surface area contributed by atoms with Gasteiger partial charge in [0.15, 0.2) is 11.3 Å². The maximum atomic E-state index is 15.1. The number of anilines is 3. The van der Waals surface area contributed by atoms with Crippen LogP contribution in [0.5, 0.6) is 0 Å². The van der Waals surface area contributed by atoms with Gasteiger partial charge in [-0.1, -0.05) is 121 Å². The number of allylic oxidation sites excluding steroid dienone is 2. The van der Waals surface area contributed by atoms with Gasteiger partial charge >= 0.3 is 11.9 Å². The number of hydrogen-bond acceptors (Lipinski definition) is 10. The van der Waals surface area contributed by atoms with Crippen molar-refractivity contribution in [1.82, 2.24) is 0 Å². The molecule has 0 saturated carbocycles. The van der Waals surface area contributed by atoms with Crippen molar-refractivity contribution < 1.29 is 29.0 Å². The van der Waals surface area contributed by atoms with E-state index in [1.807, 2.05) is 133 Å². The Morgan fingerprint density at radius 1 is 0.561 bits per heavy atom. The number of carbonyl (C=O) groups excluding carboxylic acids is 3. The monoisotopic (exact) mass is 862 g/mol. The van der Waals surface area contributed by atoms with Crippen molar-refractivity contribution in [3.05, 3.63) is 201 Å². The van der Waals surface area contributed by atoms with Crippen LogP contribution in [0.25, 0.3) is 54.9 Å². The van der Waals surface area contributed by atoms with Gasteiger partial charge in [-0.3, -0.25) is 4.79 Å². The summed E-state index contributed by atoms with van der Waals surface area (Å²) in [5, 5.41) is 28.5. The second-order valence-electron chi connectivity index (χ2n) is 17.1. The van der Waals surface area contributed by atoms with Crippen molar-refractivity contribution in [3.8, 4) is 22.3 Å². The quantitative estimate of drug-likeness (QED) is 0.125. The van der Waals surface area contributed by atoms with Gasteiger partial charge < -0.3 is 30.5 Å². The maximum absolute atomic E-state index is 15.1. The molecular weight excluding hydrogens is 825 g/mol. The van der Waals surface area contributed by atoms with E-state index < -0.39 is 23.3 Å². The number of ketones is 1. The van der Waals surface area contributed by atoms with E-state index in [0.29, 0.717) is 33.0 Å². The second-order valence-corrected chi connectivity index (χ2v) is 17.1. The fourth-order valence-corrected chi connectivity index (χ4v) is 11.2. The molecule has 10 nitrogen and oxygen atoms in total. The average Bonchev–Trinajstić information content (AvgIpc) is 3.76. The molecule has 10 heteroatoms. The number of Topliss-reactive ketones (excluding diaryl/α,β-unsaturated/α-hetero) is 1. The highest BCUT2D eigenvalue weighted by Crippen LogP contribution is 2.57. The molecule has 4 N–H and O–H groups in total. The fourth-order valence-electron chi connectivity index (χ4n) is 11.2. The predicted molar refractivity (Wildman–Crippen MR) is 255 cm³/mol. The molecule has 2 atom stereocenters. The number of nitrogens with zero attached hydrogens (tertiary/aromatic N) is 1. The van der Waals surface area contributed by atoms with Crippen LogP contribution < -0.4 is 26.5 Å². The normalized spacial score (nSPS) is 19.5. The van der Waals surface area contributed by atoms with Gasteiger partial charge in [0.1, 0.15) is 5.76 Å². The molecule has 0 fully saturated rings. The Hall–Kier alpha value is -8.50. The summed E-state index contributed by atoms with van der Waals surface area (Å²) in [6, 6.07) is 46.9. The standard InChI is InChI=1S/C56H38N4O6/c1-3-65-53(63)35-17-11-21-39-45(35)31-15-5-7-19-37(31)55(39)57-41-23-9-13-29-25-27-33(49(59-55)43(29)41)47-51(61)48(52(47)62)34-28-26-30-14-10-24-42-44(30)50(34)60-56(58-42)38-20-8-6-16-32(38)46-36(54(64)66-4-2)18-12-22-40(46)56/h5-28,57-59,61H,3-4H2,1-2H3. The molecule has 0 bridgehead atoms. The van der Waals surface area contributed by atoms with Crippen molar-refractivity contribution in [2.75, 3.05) is 29.2 Å². The first-order chi connectivity index (χ1) is 32.3. The summed E-state index contributed by atoms with van der Waals surface area (Å²) in [5.74, 6) is -1.28. The van der Waals surface area contributed by atoms with Crippen LogP contribution in [0.4, 0.5) is 17.1 Å². The van der Waals surface area contributed by atoms with Gasteiger partial charge in [-0.25, -0.2) is 14.6 Å². The van der Waals surface area contributed by atoms with E-state index in [-0.39, 0.29) is 35.9 Å². The number of hydrogen-bond donors (Lipinski definition) is 4. The van der Waals surface area contributed by atoms with Crippen molar-refractivity contribution in [1.29, 1.82) is 0 Å². The molecule has 2 spiro atoms.